The highest BCUT2D eigenvalue weighted by Gasteiger charge is 2.40. The van der Waals surface area contributed by atoms with E-state index in [-0.39, 0.29) is 12.1 Å². The molecule has 3 N–H and O–H groups in total. The van der Waals surface area contributed by atoms with Gasteiger partial charge < -0.3 is 16.0 Å². The zero-order valence-corrected chi connectivity index (χ0v) is 12.9. The molecule has 0 spiro atoms. The Balaban J connectivity index is 1.57. The molecule has 0 aromatic heterocycles. The van der Waals surface area contributed by atoms with E-state index in [0.29, 0.717) is 12.0 Å². The third kappa shape index (κ3) is 3.21. The topological polar surface area (TPSA) is 53.2 Å². The van der Waals surface area contributed by atoms with E-state index in [4.69, 9.17) is 0 Å². The van der Waals surface area contributed by atoms with Gasteiger partial charge in [-0.1, -0.05) is 18.6 Å². The summed E-state index contributed by atoms with van der Waals surface area (Å²) in [4.78, 5) is 12.2. The molecular weight excluding hydrogens is 262 g/mol. The average molecular weight is 287 g/mol. The van der Waals surface area contributed by atoms with E-state index in [9.17, 15) is 4.79 Å². The molecule has 4 unspecified atom stereocenters. The van der Waals surface area contributed by atoms with E-state index in [1.807, 2.05) is 25.2 Å². The van der Waals surface area contributed by atoms with Crippen LogP contribution in [-0.4, -0.2) is 19.1 Å². The summed E-state index contributed by atoms with van der Waals surface area (Å²) < 4.78 is 0. The molecule has 4 atom stereocenters. The Morgan fingerprint density at radius 2 is 2.14 bits per heavy atom. The van der Waals surface area contributed by atoms with Crippen molar-refractivity contribution in [3.05, 3.63) is 29.8 Å². The molecule has 2 fully saturated rings. The summed E-state index contributed by atoms with van der Waals surface area (Å²) in [5, 5.41) is 9.34. The molecule has 21 heavy (non-hydrogen) atoms. The summed E-state index contributed by atoms with van der Waals surface area (Å²) in [5.74, 6) is 1.55. The Kier molecular flexibility index (Phi) is 4.15. The van der Waals surface area contributed by atoms with Crippen LogP contribution in [0.2, 0.25) is 0 Å². The van der Waals surface area contributed by atoms with E-state index >= 15 is 0 Å². The van der Waals surface area contributed by atoms with Crippen LogP contribution < -0.4 is 16.0 Å². The van der Waals surface area contributed by atoms with Gasteiger partial charge in [0, 0.05) is 17.8 Å². The molecule has 0 radical (unpaired) electrons. The lowest BCUT2D eigenvalue weighted by molar-refractivity contribution is 0.242. The number of anilines is 1. The maximum atomic E-state index is 12.2. The Morgan fingerprint density at radius 3 is 2.81 bits per heavy atom. The fourth-order valence-corrected chi connectivity index (χ4v) is 3.81. The Bertz CT molecular complexity index is 517. The molecule has 2 aliphatic carbocycles. The number of carbonyl (C=O) groups is 1. The number of nitrogens with one attached hydrogen (secondary N) is 3. The standard InChI is InChI=1S/C17H25N3O/c1-11(18-2)13-4-3-5-15(10-13)19-17(21)20-16-9-12-6-7-14(16)8-12/h3-5,10-12,14,16,18H,6-9H2,1-2H3,(H2,19,20,21). The maximum absolute atomic E-state index is 12.2. The Labute approximate surface area is 126 Å². The number of benzene rings is 1. The van der Waals surface area contributed by atoms with Crippen molar-refractivity contribution < 1.29 is 4.79 Å². The lowest BCUT2D eigenvalue weighted by Crippen LogP contribution is -2.41. The van der Waals surface area contributed by atoms with Crippen LogP contribution >= 0.6 is 0 Å². The van der Waals surface area contributed by atoms with Crippen LogP contribution in [0.4, 0.5) is 10.5 Å². The van der Waals surface area contributed by atoms with Crippen molar-refractivity contribution >= 4 is 11.7 Å². The molecule has 2 saturated carbocycles. The van der Waals surface area contributed by atoms with E-state index in [1.165, 1.54) is 24.8 Å². The zero-order valence-electron chi connectivity index (χ0n) is 12.9. The minimum Gasteiger partial charge on any atom is -0.335 e. The highest BCUT2D eigenvalue weighted by molar-refractivity contribution is 5.89. The van der Waals surface area contributed by atoms with Crippen molar-refractivity contribution in [3.63, 3.8) is 0 Å². The highest BCUT2D eigenvalue weighted by atomic mass is 16.2. The summed E-state index contributed by atoms with van der Waals surface area (Å²) in [6, 6.07) is 8.61. The largest absolute Gasteiger partial charge is 0.335 e. The summed E-state index contributed by atoms with van der Waals surface area (Å²) in [6.45, 7) is 2.11. The number of hydrogen-bond donors (Lipinski definition) is 3. The fourth-order valence-electron chi connectivity index (χ4n) is 3.81. The SMILES string of the molecule is CNC(C)c1cccc(NC(=O)NC2CC3CCC2C3)c1. The van der Waals surface area contributed by atoms with Gasteiger partial charge in [-0.3, -0.25) is 0 Å². The number of hydrogen-bond acceptors (Lipinski definition) is 2. The molecule has 2 bridgehead atoms. The molecule has 2 aliphatic rings. The number of rotatable bonds is 4. The van der Waals surface area contributed by atoms with Gasteiger partial charge in [-0.2, -0.15) is 0 Å². The van der Waals surface area contributed by atoms with Gasteiger partial charge in [0.15, 0.2) is 0 Å². The predicted molar refractivity (Wildman–Crippen MR) is 85.3 cm³/mol. The van der Waals surface area contributed by atoms with Crippen LogP contribution in [0.1, 0.15) is 44.2 Å². The van der Waals surface area contributed by atoms with Crippen molar-refractivity contribution in [2.45, 2.75) is 44.7 Å². The van der Waals surface area contributed by atoms with Gasteiger partial charge in [0.25, 0.3) is 0 Å². The molecule has 114 valence electrons. The number of fused-ring (bicyclic) bond motifs is 2. The van der Waals surface area contributed by atoms with Crippen LogP contribution in [0.15, 0.2) is 24.3 Å². The van der Waals surface area contributed by atoms with Crippen LogP contribution in [-0.2, 0) is 0 Å². The first-order valence-electron chi connectivity index (χ1n) is 8.00. The van der Waals surface area contributed by atoms with Crippen LogP contribution in [0.25, 0.3) is 0 Å². The molecule has 4 nitrogen and oxygen atoms in total. The smallest absolute Gasteiger partial charge is 0.319 e. The summed E-state index contributed by atoms with van der Waals surface area (Å²) in [6.07, 6.45) is 5.11. The van der Waals surface area contributed by atoms with Crippen LogP contribution in [0, 0.1) is 11.8 Å². The van der Waals surface area contributed by atoms with Gasteiger partial charge in [-0.05, 0) is 62.8 Å². The summed E-state index contributed by atoms with van der Waals surface area (Å²) >= 11 is 0. The minimum absolute atomic E-state index is 0.0678. The summed E-state index contributed by atoms with van der Waals surface area (Å²) in [7, 11) is 1.94. The zero-order chi connectivity index (χ0) is 14.8. The first-order chi connectivity index (χ1) is 10.2. The van der Waals surface area contributed by atoms with Gasteiger partial charge >= 0.3 is 6.03 Å². The van der Waals surface area contributed by atoms with Gasteiger partial charge in [-0.25, -0.2) is 4.79 Å². The second kappa shape index (κ2) is 6.06. The predicted octanol–water partition coefficient (Wildman–Crippen LogP) is 3.28. The fraction of sp³-hybridized carbons (Fsp3) is 0.588. The monoisotopic (exact) mass is 287 g/mol. The van der Waals surface area contributed by atoms with Crippen molar-refractivity contribution in [1.82, 2.24) is 10.6 Å². The number of amides is 2. The number of carbonyl (C=O) groups excluding carboxylic acids is 1. The average Bonchev–Trinajstić information content (AvgIpc) is 3.09. The van der Waals surface area contributed by atoms with Crippen molar-refractivity contribution in [3.8, 4) is 0 Å². The van der Waals surface area contributed by atoms with Gasteiger partial charge in [0.1, 0.15) is 0 Å². The first kappa shape index (κ1) is 14.4. The lowest BCUT2D eigenvalue weighted by atomic mass is 9.95. The summed E-state index contributed by atoms with van der Waals surface area (Å²) in [5.41, 5.74) is 2.03. The molecule has 4 heteroatoms. The molecule has 0 heterocycles. The maximum Gasteiger partial charge on any atom is 0.319 e. The lowest BCUT2D eigenvalue weighted by Gasteiger charge is -2.23. The van der Waals surface area contributed by atoms with Gasteiger partial charge in [0.2, 0.25) is 0 Å². The minimum atomic E-state index is -0.0678. The van der Waals surface area contributed by atoms with Crippen LogP contribution in [0.5, 0.6) is 0 Å². The van der Waals surface area contributed by atoms with E-state index < -0.39 is 0 Å². The van der Waals surface area contributed by atoms with E-state index in [1.54, 1.807) is 0 Å². The van der Waals surface area contributed by atoms with Gasteiger partial charge in [0.05, 0.1) is 0 Å². The third-order valence-corrected chi connectivity index (χ3v) is 5.13. The van der Waals surface area contributed by atoms with Crippen LogP contribution in [0.3, 0.4) is 0 Å². The molecular formula is C17H25N3O. The van der Waals surface area contributed by atoms with Crippen molar-refractivity contribution in [1.29, 1.82) is 0 Å². The second-order valence-corrected chi connectivity index (χ2v) is 6.52. The Morgan fingerprint density at radius 1 is 1.29 bits per heavy atom. The quantitative estimate of drug-likeness (QED) is 0.796. The van der Waals surface area contributed by atoms with Crippen molar-refractivity contribution in [2.75, 3.05) is 12.4 Å². The molecule has 1 aromatic carbocycles. The molecule has 0 saturated heterocycles. The van der Waals surface area contributed by atoms with E-state index in [0.717, 1.165) is 18.0 Å². The number of urea groups is 1. The first-order valence-corrected chi connectivity index (χ1v) is 8.00. The molecule has 1 aromatic rings. The molecule has 2 amide bonds. The van der Waals surface area contributed by atoms with Gasteiger partial charge in [-0.15, -0.1) is 0 Å². The Hall–Kier alpha value is -1.55. The normalized spacial score (nSPS) is 28.4. The highest BCUT2D eigenvalue weighted by Crippen LogP contribution is 2.44. The molecule has 3 rings (SSSR count). The van der Waals surface area contributed by atoms with E-state index in [2.05, 4.69) is 28.9 Å². The second-order valence-electron chi connectivity index (χ2n) is 6.52. The molecule has 0 aliphatic heterocycles. The van der Waals surface area contributed by atoms with Crippen molar-refractivity contribution in [2.24, 2.45) is 11.8 Å². The third-order valence-electron chi connectivity index (χ3n) is 5.13.